The molecule has 0 fully saturated rings. The van der Waals surface area contributed by atoms with E-state index in [2.05, 4.69) is 27.7 Å². The molecule has 0 aromatic heterocycles. The fraction of sp³-hybridized carbons (Fsp3) is 1.00. The zero-order valence-electron chi connectivity index (χ0n) is 11.1. The fourth-order valence-corrected chi connectivity index (χ4v) is 7.88. The van der Waals surface area contributed by atoms with Crippen molar-refractivity contribution in [1.82, 2.24) is 0 Å². The monoisotopic (exact) mass is 266 g/mol. The first-order valence-corrected chi connectivity index (χ1v) is 11.6. The molecule has 0 N–H and O–H groups in total. The van der Waals surface area contributed by atoms with E-state index in [1.165, 1.54) is 45.6 Å². The third kappa shape index (κ3) is 9.03. The highest BCUT2D eigenvalue weighted by atomic mass is 31.1. The second-order valence-electron chi connectivity index (χ2n) is 3.80. The summed E-state index contributed by atoms with van der Waals surface area (Å²) in [6.45, 7) is 9.47. The van der Waals surface area contributed by atoms with Gasteiger partial charge in [0.1, 0.15) is 0 Å². The van der Waals surface area contributed by atoms with Gasteiger partial charge in [-0.25, -0.2) is 0 Å². The molecule has 0 bridgehead atoms. The first kappa shape index (κ1) is 16.3. The predicted octanol–water partition coefficient (Wildman–Crippen LogP) is 4.71. The lowest BCUT2D eigenvalue weighted by Gasteiger charge is -2.15. The van der Waals surface area contributed by atoms with Gasteiger partial charge in [-0.1, -0.05) is 27.7 Å². The molecule has 0 nitrogen and oxygen atoms in total. The Balaban J connectivity index is 3.30. The van der Waals surface area contributed by atoms with Crippen LogP contribution in [0.2, 0.25) is 0 Å². The summed E-state index contributed by atoms with van der Waals surface area (Å²) >= 11 is 0. The van der Waals surface area contributed by atoms with Gasteiger partial charge in [0.25, 0.3) is 0 Å². The van der Waals surface area contributed by atoms with E-state index in [-0.39, 0.29) is 0 Å². The van der Waals surface area contributed by atoms with Crippen LogP contribution in [-0.2, 0) is 0 Å². The van der Waals surface area contributed by atoms with Crippen LogP contribution in [0.4, 0.5) is 0 Å². The third-order valence-electron chi connectivity index (χ3n) is 3.00. The lowest BCUT2D eigenvalue weighted by atomic mass is 10.9. The van der Waals surface area contributed by atoms with Gasteiger partial charge >= 0.3 is 0 Å². The molecule has 0 radical (unpaired) electrons. The summed E-state index contributed by atoms with van der Waals surface area (Å²) in [6.07, 6.45) is 12.0. The Kier molecular flexibility index (Phi) is 12.8. The maximum Gasteiger partial charge on any atom is -0.0289 e. The van der Waals surface area contributed by atoms with Gasteiger partial charge in [-0.15, -0.1) is 24.4 Å². The first-order chi connectivity index (χ1) is 7.28. The van der Waals surface area contributed by atoms with E-state index < -0.39 is 0 Å². The van der Waals surface area contributed by atoms with Gasteiger partial charge < -0.3 is 0 Å². The molecule has 0 heterocycles. The molecular weight excluding hydrogens is 237 g/mol. The average molecular weight is 266 g/mol. The fourth-order valence-electron chi connectivity index (χ4n) is 1.68. The molecule has 0 amide bonds. The van der Waals surface area contributed by atoms with E-state index in [0.29, 0.717) is 15.8 Å². The van der Waals surface area contributed by atoms with E-state index >= 15 is 0 Å². The summed E-state index contributed by atoms with van der Waals surface area (Å²) in [7, 11) is 2.10. The van der Waals surface area contributed by atoms with E-state index in [9.17, 15) is 0 Å². The van der Waals surface area contributed by atoms with Crippen molar-refractivity contribution in [2.75, 3.05) is 49.3 Å². The van der Waals surface area contributed by atoms with Crippen LogP contribution in [0.3, 0.4) is 0 Å². The summed E-state index contributed by atoms with van der Waals surface area (Å²) < 4.78 is 0. The van der Waals surface area contributed by atoms with Gasteiger partial charge in [-0.05, 0) is 49.3 Å². The first-order valence-electron chi connectivity index (χ1n) is 6.43. The highest BCUT2D eigenvalue weighted by Gasteiger charge is 2.03. The number of hydrogen-bond donors (Lipinski definition) is 0. The molecule has 0 saturated heterocycles. The van der Waals surface area contributed by atoms with E-state index in [0.717, 1.165) is 0 Å². The molecule has 3 heteroatoms. The van der Waals surface area contributed by atoms with E-state index in [1.54, 1.807) is 12.3 Å². The highest BCUT2D eigenvalue weighted by molar-refractivity contribution is 7.59. The second-order valence-corrected chi connectivity index (χ2v) is 11.4. The van der Waals surface area contributed by atoms with Crippen molar-refractivity contribution in [3.63, 3.8) is 0 Å². The van der Waals surface area contributed by atoms with Crippen molar-refractivity contribution < 1.29 is 0 Å². The lowest BCUT2D eigenvalue weighted by Crippen LogP contribution is -1.96. The minimum Gasteiger partial charge on any atom is -0.121 e. The molecule has 0 spiro atoms. The zero-order chi connectivity index (χ0) is 11.5. The largest absolute Gasteiger partial charge is 0.121 e. The van der Waals surface area contributed by atoms with Crippen LogP contribution in [0, 0.1) is 0 Å². The van der Waals surface area contributed by atoms with Crippen molar-refractivity contribution in [1.29, 1.82) is 0 Å². The molecule has 15 heavy (non-hydrogen) atoms. The van der Waals surface area contributed by atoms with Gasteiger partial charge in [0.15, 0.2) is 0 Å². The molecule has 0 atom stereocenters. The number of hydrogen-bond acceptors (Lipinski definition) is 0. The SMILES string of the molecule is CCP(CC)CCPCCP(CC)CC. The Morgan fingerprint density at radius 3 is 1.27 bits per heavy atom. The summed E-state index contributed by atoms with van der Waals surface area (Å²) in [5, 5.41) is 0. The van der Waals surface area contributed by atoms with Crippen molar-refractivity contribution in [3.8, 4) is 0 Å². The minimum absolute atomic E-state index is 0.417. The molecule has 0 aliphatic carbocycles. The molecule has 0 aliphatic heterocycles. The van der Waals surface area contributed by atoms with Crippen molar-refractivity contribution in [3.05, 3.63) is 0 Å². The lowest BCUT2D eigenvalue weighted by molar-refractivity contribution is 1.33. The molecule has 0 aromatic carbocycles. The standard InChI is InChI=1S/C12H29P3/c1-5-14(6-2)11-9-13-10-12-15(7-3)8-4/h13H,5-12H2,1-4H3. The smallest absolute Gasteiger partial charge is 0.0289 e. The van der Waals surface area contributed by atoms with Crippen LogP contribution in [0.5, 0.6) is 0 Å². The van der Waals surface area contributed by atoms with E-state index in [1.807, 2.05) is 0 Å². The summed E-state index contributed by atoms with van der Waals surface area (Å²) in [6, 6.07) is 0. The Labute approximate surface area is 102 Å². The maximum atomic E-state index is 2.37. The molecule has 92 valence electrons. The third-order valence-corrected chi connectivity index (χ3v) is 10.3. The Morgan fingerprint density at radius 2 is 1.00 bits per heavy atom. The zero-order valence-corrected chi connectivity index (χ0v) is 13.8. The molecule has 0 aromatic rings. The van der Waals surface area contributed by atoms with Crippen molar-refractivity contribution >= 4 is 24.4 Å². The van der Waals surface area contributed by atoms with Crippen molar-refractivity contribution in [2.45, 2.75) is 27.7 Å². The van der Waals surface area contributed by atoms with Crippen LogP contribution in [0.1, 0.15) is 27.7 Å². The van der Waals surface area contributed by atoms with Gasteiger partial charge in [0.2, 0.25) is 0 Å². The van der Waals surface area contributed by atoms with Crippen LogP contribution in [-0.4, -0.2) is 49.3 Å². The van der Waals surface area contributed by atoms with Crippen LogP contribution < -0.4 is 0 Å². The Hall–Kier alpha value is 1.29. The van der Waals surface area contributed by atoms with Crippen LogP contribution in [0.15, 0.2) is 0 Å². The van der Waals surface area contributed by atoms with Crippen LogP contribution >= 0.6 is 24.4 Å². The quantitative estimate of drug-likeness (QED) is 0.397. The second kappa shape index (κ2) is 11.8. The Bertz CT molecular complexity index is 106. The molecule has 0 aliphatic rings. The molecule has 0 rings (SSSR count). The Morgan fingerprint density at radius 1 is 0.667 bits per heavy atom. The normalized spacial score (nSPS) is 11.6. The van der Waals surface area contributed by atoms with Crippen molar-refractivity contribution in [2.24, 2.45) is 0 Å². The predicted molar refractivity (Wildman–Crippen MR) is 83.8 cm³/mol. The summed E-state index contributed by atoms with van der Waals surface area (Å²) in [5.74, 6) is 0. The number of rotatable bonds is 10. The summed E-state index contributed by atoms with van der Waals surface area (Å²) in [4.78, 5) is 0. The highest BCUT2D eigenvalue weighted by Crippen LogP contribution is 2.38. The van der Waals surface area contributed by atoms with Gasteiger partial charge in [0, 0.05) is 0 Å². The van der Waals surface area contributed by atoms with Gasteiger partial charge in [-0.3, -0.25) is 0 Å². The van der Waals surface area contributed by atoms with Gasteiger partial charge in [0.05, 0.1) is 0 Å². The van der Waals surface area contributed by atoms with Crippen LogP contribution in [0.25, 0.3) is 0 Å². The topological polar surface area (TPSA) is 0 Å². The van der Waals surface area contributed by atoms with Gasteiger partial charge in [-0.2, -0.15) is 0 Å². The summed E-state index contributed by atoms with van der Waals surface area (Å²) in [5.41, 5.74) is 0. The minimum atomic E-state index is 0.417. The molecule has 0 unspecified atom stereocenters. The maximum absolute atomic E-state index is 2.37. The molecule has 0 saturated carbocycles. The van der Waals surface area contributed by atoms with E-state index in [4.69, 9.17) is 0 Å². The average Bonchev–Trinajstić information content (AvgIpc) is 2.29. The molecular formula is C12H29P3.